The number of hydrogen-bond donors (Lipinski definition) is 1. The first-order chi connectivity index (χ1) is 10.2. The second-order valence-electron chi connectivity index (χ2n) is 6.16. The molecule has 1 atom stereocenters. The van der Waals surface area contributed by atoms with Crippen LogP contribution in [0, 0.1) is 0 Å². The van der Waals surface area contributed by atoms with Crippen molar-refractivity contribution in [3.8, 4) is 0 Å². The number of carbonyl (C=O) groups is 1. The zero-order chi connectivity index (χ0) is 14.7. The number of alkyl halides is 1. The van der Waals surface area contributed by atoms with Gasteiger partial charge in [0.1, 0.15) is 0 Å². The number of carbonyl (C=O) groups excluding carboxylic acids is 1. The quantitative estimate of drug-likeness (QED) is 0.872. The van der Waals surface area contributed by atoms with Crippen LogP contribution >= 0.6 is 11.6 Å². The van der Waals surface area contributed by atoms with Crippen LogP contribution in [0.3, 0.4) is 0 Å². The summed E-state index contributed by atoms with van der Waals surface area (Å²) >= 11 is 6.15. The molecular formula is C17H22ClNO2. The summed E-state index contributed by atoms with van der Waals surface area (Å²) in [6.45, 7) is 1.35. The van der Waals surface area contributed by atoms with Crippen molar-refractivity contribution >= 4 is 17.5 Å². The van der Waals surface area contributed by atoms with E-state index in [0.717, 1.165) is 32.1 Å². The molecule has 0 spiro atoms. The number of nitrogens with one attached hydrogen (secondary N) is 1. The van der Waals surface area contributed by atoms with Crippen molar-refractivity contribution in [2.75, 3.05) is 19.1 Å². The average Bonchev–Trinajstić information content (AvgIpc) is 2.55. The van der Waals surface area contributed by atoms with Crippen molar-refractivity contribution in [3.63, 3.8) is 0 Å². The minimum Gasteiger partial charge on any atom is -0.381 e. The molecule has 1 saturated heterocycles. The van der Waals surface area contributed by atoms with E-state index in [9.17, 15) is 4.79 Å². The second-order valence-corrected chi connectivity index (χ2v) is 6.43. The summed E-state index contributed by atoms with van der Waals surface area (Å²) in [6.07, 6.45) is 4.69. The van der Waals surface area contributed by atoms with Crippen LogP contribution in [0.4, 0.5) is 0 Å². The molecule has 0 radical (unpaired) electrons. The summed E-state index contributed by atoms with van der Waals surface area (Å²) in [5, 5.41) is 3.24. The van der Waals surface area contributed by atoms with E-state index in [-0.39, 0.29) is 17.4 Å². The lowest BCUT2D eigenvalue weighted by Crippen LogP contribution is -2.54. The minimum atomic E-state index is -0.288. The number of halogens is 1. The second kappa shape index (κ2) is 6.37. The highest BCUT2D eigenvalue weighted by Gasteiger charge is 2.36. The zero-order valence-corrected chi connectivity index (χ0v) is 13.0. The van der Waals surface area contributed by atoms with Gasteiger partial charge >= 0.3 is 0 Å². The largest absolute Gasteiger partial charge is 0.381 e. The fourth-order valence-corrected chi connectivity index (χ4v) is 3.76. The number of amides is 1. The van der Waals surface area contributed by atoms with E-state index >= 15 is 0 Å². The first kappa shape index (κ1) is 14.9. The molecule has 3 nitrogen and oxygen atoms in total. The van der Waals surface area contributed by atoms with E-state index in [1.807, 2.05) is 6.07 Å². The third kappa shape index (κ3) is 3.09. The predicted molar refractivity (Wildman–Crippen MR) is 83.8 cm³/mol. The molecule has 1 N–H and O–H groups in total. The molecule has 1 fully saturated rings. The number of hydrogen-bond acceptors (Lipinski definition) is 2. The van der Waals surface area contributed by atoms with Crippen molar-refractivity contribution < 1.29 is 9.53 Å². The van der Waals surface area contributed by atoms with Crippen molar-refractivity contribution in [1.29, 1.82) is 0 Å². The Morgan fingerprint density at radius 1 is 1.33 bits per heavy atom. The Labute approximate surface area is 131 Å². The maximum atomic E-state index is 12.8. The van der Waals surface area contributed by atoms with Gasteiger partial charge in [0.15, 0.2) is 0 Å². The predicted octanol–water partition coefficient (Wildman–Crippen LogP) is 3.01. The normalized spacial score (nSPS) is 24.1. The van der Waals surface area contributed by atoms with Crippen molar-refractivity contribution in [1.82, 2.24) is 5.32 Å². The monoisotopic (exact) mass is 307 g/mol. The Hall–Kier alpha value is -1.06. The first-order valence-corrected chi connectivity index (χ1v) is 8.31. The van der Waals surface area contributed by atoms with Crippen LogP contribution < -0.4 is 5.32 Å². The van der Waals surface area contributed by atoms with E-state index < -0.39 is 0 Å². The van der Waals surface area contributed by atoms with Crippen LogP contribution in [-0.2, 0) is 16.0 Å². The average molecular weight is 308 g/mol. The molecule has 1 aliphatic heterocycles. The standard InChI is InChI=1S/C17H22ClNO2/c18-12-17(8-10-21-11-9-17)19-16(20)15-7-3-5-13-4-1-2-6-14(13)15/h1-2,4,6,15H,3,5,7-12H2,(H,19,20). The van der Waals surface area contributed by atoms with Gasteiger partial charge in [-0.2, -0.15) is 0 Å². The molecule has 0 saturated carbocycles. The van der Waals surface area contributed by atoms with Crippen LogP contribution in [0.1, 0.15) is 42.7 Å². The van der Waals surface area contributed by atoms with Crippen LogP contribution in [0.25, 0.3) is 0 Å². The summed E-state index contributed by atoms with van der Waals surface area (Å²) in [5.41, 5.74) is 2.22. The lowest BCUT2D eigenvalue weighted by atomic mass is 9.81. The molecule has 1 aromatic carbocycles. The highest BCUT2D eigenvalue weighted by atomic mass is 35.5. The number of rotatable bonds is 3. The van der Waals surface area contributed by atoms with Gasteiger partial charge in [0, 0.05) is 19.1 Å². The Morgan fingerprint density at radius 3 is 2.86 bits per heavy atom. The first-order valence-electron chi connectivity index (χ1n) is 7.78. The van der Waals surface area contributed by atoms with Gasteiger partial charge in [0.05, 0.1) is 11.5 Å². The van der Waals surface area contributed by atoms with Gasteiger partial charge in [0.25, 0.3) is 0 Å². The van der Waals surface area contributed by atoms with E-state index in [0.29, 0.717) is 19.1 Å². The van der Waals surface area contributed by atoms with Crippen molar-refractivity contribution in [2.24, 2.45) is 0 Å². The van der Waals surface area contributed by atoms with Gasteiger partial charge in [-0.15, -0.1) is 11.6 Å². The molecule has 1 unspecified atom stereocenters. The molecule has 4 heteroatoms. The molecule has 21 heavy (non-hydrogen) atoms. The smallest absolute Gasteiger partial charge is 0.228 e. The van der Waals surface area contributed by atoms with Crippen LogP contribution in [0.15, 0.2) is 24.3 Å². The molecule has 0 bridgehead atoms. The maximum Gasteiger partial charge on any atom is 0.228 e. The summed E-state index contributed by atoms with van der Waals surface area (Å²) in [4.78, 5) is 12.8. The van der Waals surface area contributed by atoms with Gasteiger partial charge < -0.3 is 10.1 Å². The number of aryl methyl sites for hydroxylation is 1. The topological polar surface area (TPSA) is 38.3 Å². The van der Waals surface area contributed by atoms with Crippen molar-refractivity contribution in [2.45, 2.75) is 43.6 Å². The highest BCUT2D eigenvalue weighted by molar-refractivity contribution is 6.18. The summed E-state index contributed by atoms with van der Waals surface area (Å²) < 4.78 is 5.40. The van der Waals surface area contributed by atoms with Gasteiger partial charge in [0.2, 0.25) is 5.91 Å². The number of benzene rings is 1. The summed E-state index contributed by atoms with van der Waals surface area (Å²) in [6, 6.07) is 8.31. The third-order valence-corrected chi connectivity index (χ3v) is 5.29. The number of fused-ring (bicyclic) bond motifs is 1. The fourth-order valence-electron chi connectivity index (χ4n) is 3.43. The van der Waals surface area contributed by atoms with Crippen LogP contribution in [0.2, 0.25) is 0 Å². The maximum absolute atomic E-state index is 12.8. The zero-order valence-electron chi connectivity index (χ0n) is 12.2. The fraction of sp³-hybridized carbons (Fsp3) is 0.588. The molecule has 1 amide bonds. The minimum absolute atomic E-state index is 0.0297. The SMILES string of the molecule is O=C(NC1(CCl)CCOCC1)C1CCCc2ccccc21. The molecule has 1 aromatic rings. The molecule has 1 aliphatic carbocycles. The molecule has 3 rings (SSSR count). The van der Waals surface area contributed by atoms with Gasteiger partial charge in [-0.25, -0.2) is 0 Å². The number of ether oxygens (including phenoxy) is 1. The Bertz CT molecular complexity index is 511. The van der Waals surface area contributed by atoms with Crippen LogP contribution in [0.5, 0.6) is 0 Å². The van der Waals surface area contributed by atoms with Gasteiger partial charge in [-0.05, 0) is 43.2 Å². The third-order valence-electron chi connectivity index (χ3n) is 4.78. The van der Waals surface area contributed by atoms with Crippen molar-refractivity contribution in [3.05, 3.63) is 35.4 Å². The highest BCUT2D eigenvalue weighted by Crippen LogP contribution is 2.33. The summed E-state index contributed by atoms with van der Waals surface area (Å²) in [5.74, 6) is 0.554. The molecule has 0 aromatic heterocycles. The molecule has 114 valence electrons. The Morgan fingerprint density at radius 2 is 2.10 bits per heavy atom. The lowest BCUT2D eigenvalue weighted by molar-refractivity contribution is -0.125. The van der Waals surface area contributed by atoms with Gasteiger partial charge in [-0.1, -0.05) is 24.3 Å². The molecule has 2 aliphatic rings. The molecule has 1 heterocycles. The molecular weight excluding hydrogens is 286 g/mol. The van der Waals surface area contributed by atoms with E-state index in [1.165, 1.54) is 11.1 Å². The van der Waals surface area contributed by atoms with Gasteiger partial charge in [-0.3, -0.25) is 4.79 Å². The Kier molecular flexibility index (Phi) is 4.51. The summed E-state index contributed by atoms with van der Waals surface area (Å²) in [7, 11) is 0. The lowest BCUT2D eigenvalue weighted by Gasteiger charge is -2.38. The van der Waals surface area contributed by atoms with E-state index in [1.54, 1.807) is 0 Å². The Balaban J connectivity index is 1.77. The van der Waals surface area contributed by atoms with Crippen LogP contribution in [-0.4, -0.2) is 30.5 Å². The van der Waals surface area contributed by atoms with E-state index in [2.05, 4.69) is 23.5 Å². The van der Waals surface area contributed by atoms with E-state index in [4.69, 9.17) is 16.3 Å².